The van der Waals surface area contributed by atoms with Crippen LogP contribution in [0.1, 0.15) is 47.4 Å². The van der Waals surface area contributed by atoms with Crippen molar-refractivity contribution in [2.75, 3.05) is 18.5 Å². The molecule has 0 spiro atoms. The van der Waals surface area contributed by atoms with Crippen LogP contribution in [-0.4, -0.2) is 39.7 Å². The SMILES string of the molecule is CCNC(=O)COc1ccc(NC(=O)c2cc(C3CC3)nc3c2c(C)nn3C)cc1. The molecule has 156 valence electrons. The number of carbonyl (C=O) groups is 2. The van der Waals surface area contributed by atoms with Crippen molar-refractivity contribution in [3.63, 3.8) is 0 Å². The number of hydrogen-bond acceptors (Lipinski definition) is 5. The highest BCUT2D eigenvalue weighted by molar-refractivity contribution is 6.12. The number of nitrogens with zero attached hydrogens (tertiary/aromatic N) is 3. The Morgan fingerprint density at radius 1 is 1.23 bits per heavy atom. The van der Waals surface area contributed by atoms with Gasteiger partial charge in [0.1, 0.15) is 5.75 Å². The molecular weight excluding hydrogens is 382 g/mol. The average Bonchev–Trinajstić information content (AvgIpc) is 3.53. The summed E-state index contributed by atoms with van der Waals surface area (Å²) in [5, 5.41) is 10.8. The molecule has 1 aliphatic carbocycles. The zero-order chi connectivity index (χ0) is 21.3. The van der Waals surface area contributed by atoms with E-state index in [0.29, 0.717) is 29.5 Å². The Kier molecular flexibility index (Phi) is 5.39. The maximum atomic E-state index is 13.1. The minimum atomic E-state index is -0.198. The predicted molar refractivity (Wildman–Crippen MR) is 114 cm³/mol. The van der Waals surface area contributed by atoms with Gasteiger partial charge in [-0.1, -0.05) is 0 Å². The van der Waals surface area contributed by atoms with Gasteiger partial charge in [0.2, 0.25) is 0 Å². The largest absolute Gasteiger partial charge is 0.484 e. The lowest BCUT2D eigenvalue weighted by Gasteiger charge is -2.10. The normalized spacial score (nSPS) is 13.3. The molecule has 2 aromatic heterocycles. The van der Waals surface area contributed by atoms with Crippen LogP contribution in [0.4, 0.5) is 5.69 Å². The summed E-state index contributed by atoms with van der Waals surface area (Å²) in [6.07, 6.45) is 2.21. The molecule has 2 N–H and O–H groups in total. The molecule has 0 aliphatic heterocycles. The summed E-state index contributed by atoms with van der Waals surface area (Å²) in [5.41, 5.74) is 3.69. The number of aryl methyl sites for hydroxylation is 2. The smallest absolute Gasteiger partial charge is 0.257 e. The number of likely N-dealkylation sites (N-methyl/N-ethyl adjacent to an activating group) is 1. The molecule has 3 aromatic rings. The highest BCUT2D eigenvalue weighted by Gasteiger charge is 2.28. The van der Waals surface area contributed by atoms with E-state index in [1.807, 2.05) is 27.0 Å². The third-order valence-electron chi connectivity index (χ3n) is 5.08. The number of rotatable bonds is 7. The van der Waals surface area contributed by atoms with Gasteiger partial charge in [0.15, 0.2) is 12.3 Å². The third-order valence-corrected chi connectivity index (χ3v) is 5.08. The van der Waals surface area contributed by atoms with Crippen LogP contribution >= 0.6 is 0 Å². The van der Waals surface area contributed by atoms with Crippen molar-refractivity contribution in [3.8, 4) is 5.75 Å². The van der Waals surface area contributed by atoms with Crippen molar-refractivity contribution < 1.29 is 14.3 Å². The Labute approximate surface area is 174 Å². The first-order chi connectivity index (χ1) is 14.5. The van der Waals surface area contributed by atoms with Gasteiger partial charge in [-0.15, -0.1) is 0 Å². The molecule has 0 saturated heterocycles. The Balaban J connectivity index is 1.52. The highest BCUT2D eigenvalue weighted by atomic mass is 16.5. The lowest BCUT2D eigenvalue weighted by Crippen LogP contribution is -2.28. The number of pyridine rings is 1. The predicted octanol–water partition coefficient (Wildman–Crippen LogP) is 2.92. The summed E-state index contributed by atoms with van der Waals surface area (Å²) in [6, 6.07) is 8.85. The number of aromatic nitrogens is 3. The van der Waals surface area contributed by atoms with Gasteiger partial charge in [-0.25, -0.2) is 4.98 Å². The fraction of sp³-hybridized carbons (Fsp3) is 0.364. The van der Waals surface area contributed by atoms with Crippen LogP contribution in [0.25, 0.3) is 11.0 Å². The zero-order valence-electron chi connectivity index (χ0n) is 17.4. The van der Waals surface area contributed by atoms with Crippen LogP contribution < -0.4 is 15.4 Å². The van der Waals surface area contributed by atoms with E-state index in [2.05, 4.69) is 15.7 Å². The van der Waals surface area contributed by atoms with Crippen molar-refractivity contribution in [2.24, 2.45) is 7.05 Å². The molecule has 30 heavy (non-hydrogen) atoms. The van der Waals surface area contributed by atoms with E-state index in [1.165, 1.54) is 0 Å². The molecular formula is C22H25N5O3. The third kappa shape index (κ3) is 4.12. The molecule has 0 radical (unpaired) electrons. The van der Waals surface area contributed by atoms with E-state index in [1.54, 1.807) is 28.9 Å². The molecule has 1 fully saturated rings. The van der Waals surface area contributed by atoms with E-state index < -0.39 is 0 Å². The van der Waals surface area contributed by atoms with Gasteiger partial charge < -0.3 is 15.4 Å². The van der Waals surface area contributed by atoms with Crippen LogP contribution in [0.3, 0.4) is 0 Å². The molecule has 0 atom stereocenters. The van der Waals surface area contributed by atoms with Gasteiger partial charge in [-0.2, -0.15) is 5.10 Å². The molecule has 1 aliphatic rings. The van der Waals surface area contributed by atoms with Crippen LogP contribution in [0.2, 0.25) is 0 Å². The van der Waals surface area contributed by atoms with Crippen molar-refractivity contribution in [1.29, 1.82) is 0 Å². The second-order valence-corrected chi connectivity index (χ2v) is 7.50. The fourth-order valence-electron chi connectivity index (χ4n) is 3.46. The maximum Gasteiger partial charge on any atom is 0.257 e. The number of carbonyl (C=O) groups excluding carboxylic acids is 2. The Morgan fingerprint density at radius 2 is 1.97 bits per heavy atom. The average molecular weight is 407 g/mol. The molecule has 1 saturated carbocycles. The molecule has 2 heterocycles. The van der Waals surface area contributed by atoms with Gasteiger partial charge >= 0.3 is 0 Å². The van der Waals surface area contributed by atoms with E-state index in [4.69, 9.17) is 9.72 Å². The van der Waals surface area contributed by atoms with Gasteiger partial charge in [0.05, 0.1) is 16.6 Å². The van der Waals surface area contributed by atoms with Gasteiger partial charge in [-0.3, -0.25) is 14.3 Å². The van der Waals surface area contributed by atoms with E-state index in [-0.39, 0.29) is 18.4 Å². The summed E-state index contributed by atoms with van der Waals surface area (Å²) < 4.78 is 7.18. The maximum absolute atomic E-state index is 13.1. The second-order valence-electron chi connectivity index (χ2n) is 7.50. The van der Waals surface area contributed by atoms with Crippen LogP contribution in [-0.2, 0) is 11.8 Å². The Morgan fingerprint density at radius 3 is 2.63 bits per heavy atom. The molecule has 1 aromatic carbocycles. The van der Waals surface area contributed by atoms with Crippen molar-refractivity contribution >= 4 is 28.5 Å². The van der Waals surface area contributed by atoms with E-state index in [0.717, 1.165) is 35.3 Å². The van der Waals surface area contributed by atoms with Crippen LogP contribution in [0.5, 0.6) is 5.75 Å². The first kappa shape index (κ1) is 19.9. The molecule has 8 heteroatoms. The second kappa shape index (κ2) is 8.14. The van der Waals surface area contributed by atoms with Crippen LogP contribution in [0.15, 0.2) is 30.3 Å². The lowest BCUT2D eigenvalue weighted by molar-refractivity contribution is -0.122. The molecule has 2 amide bonds. The summed E-state index contributed by atoms with van der Waals surface area (Å²) in [4.78, 5) is 29.3. The van der Waals surface area contributed by atoms with Gasteiger partial charge in [0.25, 0.3) is 11.8 Å². The zero-order valence-corrected chi connectivity index (χ0v) is 17.4. The van der Waals surface area contributed by atoms with E-state index in [9.17, 15) is 9.59 Å². The van der Waals surface area contributed by atoms with Crippen molar-refractivity contribution in [2.45, 2.75) is 32.6 Å². The lowest BCUT2D eigenvalue weighted by atomic mass is 10.1. The number of nitrogens with one attached hydrogen (secondary N) is 2. The van der Waals surface area contributed by atoms with E-state index >= 15 is 0 Å². The first-order valence-electron chi connectivity index (χ1n) is 10.1. The topological polar surface area (TPSA) is 98.1 Å². The van der Waals surface area contributed by atoms with Gasteiger partial charge in [0, 0.05) is 30.9 Å². The summed E-state index contributed by atoms with van der Waals surface area (Å²) in [6.45, 7) is 4.26. The number of hydrogen-bond donors (Lipinski definition) is 2. The number of anilines is 1. The minimum Gasteiger partial charge on any atom is -0.484 e. The summed E-state index contributed by atoms with van der Waals surface area (Å²) >= 11 is 0. The van der Waals surface area contributed by atoms with Crippen molar-refractivity contribution in [1.82, 2.24) is 20.1 Å². The molecule has 4 rings (SSSR count). The standard InChI is InChI=1S/C22H25N5O3/c1-4-23-19(28)12-30-16-9-7-15(8-10-16)24-22(29)17-11-18(14-5-6-14)25-21-20(17)13(2)26-27(21)3/h7-11,14H,4-6,12H2,1-3H3,(H,23,28)(H,24,29). The summed E-state index contributed by atoms with van der Waals surface area (Å²) in [5.74, 6) is 0.619. The first-order valence-corrected chi connectivity index (χ1v) is 10.1. The summed E-state index contributed by atoms with van der Waals surface area (Å²) in [7, 11) is 1.85. The van der Waals surface area contributed by atoms with Gasteiger partial charge in [-0.05, 0) is 57.0 Å². The number of benzene rings is 1. The molecule has 0 unspecified atom stereocenters. The molecule has 0 bridgehead atoms. The Bertz CT molecular complexity index is 1100. The highest BCUT2D eigenvalue weighted by Crippen LogP contribution is 2.40. The quantitative estimate of drug-likeness (QED) is 0.628. The Hall–Kier alpha value is -3.42. The fourth-order valence-corrected chi connectivity index (χ4v) is 3.46. The minimum absolute atomic E-state index is 0.0429. The number of fused-ring (bicyclic) bond motifs is 1. The van der Waals surface area contributed by atoms with Crippen molar-refractivity contribution in [3.05, 3.63) is 47.3 Å². The number of ether oxygens (including phenoxy) is 1. The molecule has 8 nitrogen and oxygen atoms in total. The monoisotopic (exact) mass is 407 g/mol. The van der Waals surface area contributed by atoms with Crippen LogP contribution in [0, 0.1) is 6.92 Å². The number of amides is 2.